The Bertz CT molecular complexity index is 615. The fraction of sp³-hybridized carbons (Fsp3) is 0.471. The van der Waals surface area contributed by atoms with Crippen LogP contribution in [0.2, 0.25) is 0 Å². The molecule has 0 aliphatic heterocycles. The van der Waals surface area contributed by atoms with Crippen LogP contribution in [0, 0.1) is 6.92 Å². The van der Waals surface area contributed by atoms with Crippen molar-refractivity contribution in [2.24, 2.45) is 0 Å². The summed E-state index contributed by atoms with van der Waals surface area (Å²) in [5, 5.41) is 11.5. The second-order valence-corrected chi connectivity index (χ2v) is 6.88. The molecule has 0 radical (unpaired) electrons. The van der Waals surface area contributed by atoms with E-state index in [1.165, 1.54) is 5.56 Å². The zero-order valence-electron chi connectivity index (χ0n) is 12.7. The van der Waals surface area contributed by atoms with E-state index >= 15 is 0 Å². The van der Waals surface area contributed by atoms with Crippen LogP contribution in [0.15, 0.2) is 24.3 Å². The molecule has 1 aromatic carbocycles. The molecule has 2 heteroatoms. The lowest BCUT2D eigenvalue weighted by Gasteiger charge is -2.25. The number of rotatable bonds is 1. The molecule has 2 aromatic rings. The van der Waals surface area contributed by atoms with E-state index in [4.69, 9.17) is 4.98 Å². The van der Waals surface area contributed by atoms with Gasteiger partial charge in [0, 0.05) is 16.5 Å². The number of pyridine rings is 1. The van der Waals surface area contributed by atoms with E-state index in [0.29, 0.717) is 0 Å². The normalized spacial score (nSPS) is 13.0. The summed E-state index contributed by atoms with van der Waals surface area (Å²) < 4.78 is 0. The van der Waals surface area contributed by atoms with Gasteiger partial charge in [-0.3, -0.25) is 4.98 Å². The average molecular weight is 257 g/mol. The predicted molar refractivity (Wildman–Crippen MR) is 80.4 cm³/mol. The van der Waals surface area contributed by atoms with E-state index in [2.05, 4.69) is 39.8 Å². The van der Waals surface area contributed by atoms with Gasteiger partial charge >= 0.3 is 0 Å². The number of aromatic nitrogens is 1. The first-order valence-corrected chi connectivity index (χ1v) is 6.74. The van der Waals surface area contributed by atoms with E-state index in [-0.39, 0.29) is 5.41 Å². The Kier molecular flexibility index (Phi) is 3.18. The summed E-state index contributed by atoms with van der Waals surface area (Å²) in [6.45, 7) is 12.1. The second kappa shape index (κ2) is 4.31. The van der Waals surface area contributed by atoms with Crippen LogP contribution in [-0.2, 0) is 11.0 Å². The van der Waals surface area contributed by atoms with E-state index in [0.717, 1.165) is 22.2 Å². The Hall–Kier alpha value is -1.41. The molecule has 1 aromatic heterocycles. The monoisotopic (exact) mass is 257 g/mol. The van der Waals surface area contributed by atoms with Crippen LogP contribution in [0.5, 0.6) is 0 Å². The Morgan fingerprint density at radius 2 is 1.63 bits per heavy atom. The second-order valence-electron chi connectivity index (χ2n) is 6.88. The van der Waals surface area contributed by atoms with Crippen LogP contribution in [0.1, 0.15) is 51.4 Å². The predicted octanol–water partition coefficient (Wildman–Crippen LogP) is 4.07. The van der Waals surface area contributed by atoms with Gasteiger partial charge in [-0.15, -0.1) is 0 Å². The van der Waals surface area contributed by atoms with Gasteiger partial charge in [0.2, 0.25) is 0 Å². The molecule has 0 amide bonds. The maximum Gasteiger partial charge on any atom is 0.0847 e. The maximum atomic E-state index is 10.4. The van der Waals surface area contributed by atoms with Crippen molar-refractivity contribution >= 4 is 10.9 Å². The zero-order valence-corrected chi connectivity index (χ0v) is 12.7. The molecule has 102 valence electrons. The van der Waals surface area contributed by atoms with Crippen LogP contribution in [-0.4, -0.2) is 10.1 Å². The summed E-state index contributed by atoms with van der Waals surface area (Å²) in [4.78, 5) is 4.75. The number of fused-ring (bicyclic) bond motifs is 1. The molecule has 0 saturated carbocycles. The fourth-order valence-electron chi connectivity index (χ4n) is 2.23. The standard InChI is InChI=1S/C17H23NO/c1-11-7-8-14-12(9-11)13(17(5,6)19)10-15(18-14)16(2,3)4/h7-10,19H,1-6H3. The van der Waals surface area contributed by atoms with E-state index < -0.39 is 5.60 Å². The first-order chi connectivity index (χ1) is 8.59. The Morgan fingerprint density at radius 3 is 2.16 bits per heavy atom. The maximum absolute atomic E-state index is 10.4. The number of hydrogen-bond acceptors (Lipinski definition) is 2. The molecular weight excluding hydrogens is 234 g/mol. The molecule has 0 saturated heterocycles. The Labute approximate surface area is 115 Å². The minimum Gasteiger partial charge on any atom is -0.386 e. The zero-order chi connectivity index (χ0) is 14.4. The highest BCUT2D eigenvalue weighted by molar-refractivity contribution is 5.84. The first-order valence-electron chi connectivity index (χ1n) is 6.74. The Morgan fingerprint density at radius 1 is 1.00 bits per heavy atom. The number of hydrogen-bond donors (Lipinski definition) is 1. The highest BCUT2D eigenvalue weighted by atomic mass is 16.3. The third kappa shape index (κ3) is 2.79. The van der Waals surface area contributed by atoms with Gasteiger partial charge in [0.1, 0.15) is 0 Å². The summed E-state index contributed by atoms with van der Waals surface area (Å²) in [6.07, 6.45) is 0. The molecule has 0 aliphatic carbocycles. The van der Waals surface area contributed by atoms with Crippen molar-refractivity contribution in [3.8, 4) is 0 Å². The van der Waals surface area contributed by atoms with Gasteiger partial charge < -0.3 is 5.11 Å². The smallest absolute Gasteiger partial charge is 0.0847 e. The van der Waals surface area contributed by atoms with Gasteiger partial charge in [-0.25, -0.2) is 0 Å². The molecule has 0 bridgehead atoms. The van der Waals surface area contributed by atoms with Crippen molar-refractivity contribution in [2.75, 3.05) is 0 Å². The fourth-order valence-corrected chi connectivity index (χ4v) is 2.23. The van der Waals surface area contributed by atoms with Crippen LogP contribution in [0.4, 0.5) is 0 Å². The highest BCUT2D eigenvalue weighted by Gasteiger charge is 2.24. The van der Waals surface area contributed by atoms with E-state index in [1.54, 1.807) is 0 Å². The minimum atomic E-state index is -0.866. The molecule has 1 heterocycles. The van der Waals surface area contributed by atoms with E-state index in [9.17, 15) is 5.11 Å². The lowest BCUT2D eigenvalue weighted by molar-refractivity contribution is 0.0800. The third-order valence-corrected chi connectivity index (χ3v) is 3.39. The van der Waals surface area contributed by atoms with Gasteiger partial charge in [-0.05, 0) is 44.5 Å². The molecular formula is C17H23NO. The van der Waals surface area contributed by atoms with Gasteiger partial charge in [0.25, 0.3) is 0 Å². The van der Waals surface area contributed by atoms with Crippen molar-refractivity contribution in [2.45, 2.75) is 52.6 Å². The van der Waals surface area contributed by atoms with Crippen molar-refractivity contribution in [1.29, 1.82) is 0 Å². The molecule has 2 nitrogen and oxygen atoms in total. The Balaban J connectivity index is 2.85. The largest absolute Gasteiger partial charge is 0.386 e. The van der Waals surface area contributed by atoms with Crippen molar-refractivity contribution in [3.05, 3.63) is 41.1 Å². The number of aryl methyl sites for hydroxylation is 1. The summed E-state index contributed by atoms with van der Waals surface area (Å²) >= 11 is 0. The minimum absolute atomic E-state index is 0.0287. The topological polar surface area (TPSA) is 33.1 Å². The summed E-state index contributed by atoms with van der Waals surface area (Å²) in [5.41, 5.74) is 3.21. The molecule has 0 aliphatic rings. The van der Waals surface area contributed by atoms with Gasteiger partial charge in [0.15, 0.2) is 0 Å². The SMILES string of the molecule is Cc1ccc2nc(C(C)(C)C)cc(C(C)(C)O)c2c1. The van der Waals surface area contributed by atoms with Crippen LogP contribution < -0.4 is 0 Å². The molecule has 1 N–H and O–H groups in total. The van der Waals surface area contributed by atoms with Crippen molar-refractivity contribution < 1.29 is 5.11 Å². The van der Waals surface area contributed by atoms with Gasteiger partial charge in [-0.2, -0.15) is 0 Å². The number of benzene rings is 1. The average Bonchev–Trinajstić information content (AvgIpc) is 2.24. The molecule has 0 spiro atoms. The number of aliphatic hydroxyl groups is 1. The van der Waals surface area contributed by atoms with Crippen LogP contribution >= 0.6 is 0 Å². The van der Waals surface area contributed by atoms with Crippen LogP contribution in [0.25, 0.3) is 10.9 Å². The third-order valence-electron chi connectivity index (χ3n) is 3.39. The summed E-state index contributed by atoms with van der Waals surface area (Å²) in [6, 6.07) is 8.24. The number of nitrogens with zero attached hydrogens (tertiary/aromatic N) is 1. The summed E-state index contributed by atoms with van der Waals surface area (Å²) in [7, 11) is 0. The van der Waals surface area contributed by atoms with Crippen molar-refractivity contribution in [1.82, 2.24) is 4.98 Å². The highest BCUT2D eigenvalue weighted by Crippen LogP contribution is 2.32. The quantitative estimate of drug-likeness (QED) is 0.835. The molecule has 0 unspecified atom stereocenters. The molecule has 19 heavy (non-hydrogen) atoms. The van der Waals surface area contributed by atoms with Crippen LogP contribution in [0.3, 0.4) is 0 Å². The molecule has 0 fully saturated rings. The lowest BCUT2D eigenvalue weighted by Crippen LogP contribution is -2.20. The van der Waals surface area contributed by atoms with E-state index in [1.807, 2.05) is 26.0 Å². The first kappa shape index (κ1) is 14.0. The lowest BCUT2D eigenvalue weighted by atomic mass is 9.86. The van der Waals surface area contributed by atoms with Crippen molar-refractivity contribution in [3.63, 3.8) is 0 Å². The summed E-state index contributed by atoms with van der Waals surface area (Å²) in [5.74, 6) is 0. The van der Waals surface area contributed by atoms with Gasteiger partial charge in [0.05, 0.1) is 11.1 Å². The van der Waals surface area contributed by atoms with Gasteiger partial charge in [-0.1, -0.05) is 32.4 Å². The molecule has 2 rings (SSSR count). The molecule has 0 atom stereocenters.